The SMILES string of the molecule is Cc1ccc(C(=O)NCC2(C)CCCNC2)c(C)n1. The van der Waals surface area contributed by atoms with Crippen molar-refractivity contribution in [2.75, 3.05) is 19.6 Å². The lowest BCUT2D eigenvalue weighted by Gasteiger charge is -2.34. The van der Waals surface area contributed by atoms with E-state index in [1.807, 2.05) is 26.0 Å². The topological polar surface area (TPSA) is 54.0 Å². The molecule has 1 aliphatic rings. The fourth-order valence-electron chi connectivity index (χ4n) is 2.59. The number of nitrogens with zero attached hydrogens (tertiary/aromatic N) is 1. The van der Waals surface area contributed by atoms with Gasteiger partial charge in [0, 0.05) is 18.8 Å². The number of hydrogen-bond donors (Lipinski definition) is 2. The summed E-state index contributed by atoms with van der Waals surface area (Å²) in [6, 6.07) is 3.74. The molecular formula is C15H23N3O. The van der Waals surface area contributed by atoms with E-state index in [-0.39, 0.29) is 11.3 Å². The van der Waals surface area contributed by atoms with Crippen LogP contribution >= 0.6 is 0 Å². The quantitative estimate of drug-likeness (QED) is 0.872. The summed E-state index contributed by atoms with van der Waals surface area (Å²) >= 11 is 0. The highest BCUT2D eigenvalue weighted by atomic mass is 16.1. The van der Waals surface area contributed by atoms with E-state index in [2.05, 4.69) is 22.5 Å². The summed E-state index contributed by atoms with van der Waals surface area (Å²) in [6.07, 6.45) is 2.34. The first-order valence-corrected chi connectivity index (χ1v) is 6.93. The molecule has 19 heavy (non-hydrogen) atoms. The maximum atomic E-state index is 12.2. The Morgan fingerprint density at radius 2 is 2.26 bits per heavy atom. The highest BCUT2D eigenvalue weighted by molar-refractivity contribution is 5.95. The number of pyridine rings is 1. The third kappa shape index (κ3) is 3.53. The molecule has 2 rings (SSSR count). The average molecular weight is 261 g/mol. The van der Waals surface area contributed by atoms with Gasteiger partial charge in [0.05, 0.1) is 11.3 Å². The summed E-state index contributed by atoms with van der Waals surface area (Å²) < 4.78 is 0. The van der Waals surface area contributed by atoms with Gasteiger partial charge in [0.2, 0.25) is 0 Å². The molecule has 104 valence electrons. The molecule has 1 aromatic rings. The van der Waals surface area contributed by atoms with Crippen LogP contribution in [-0.2, 0) is 0 Å². The molecule has 0 radical (unpaired) electrons. The summed E-state index contributed by atoms with van der Waals surface area (Å²) in [5.74, 6) is -0.0169. The lowest BCUT2D eigenvalue weighted by molar-refractivity contribution is 0.0923. The van der Waals surface area contributed by atoms with E-state index < -0.39 is 0 Å². The van der Waals surface area contributed by atoms with Crippen molar-refractivity contribution >= 4 is 5.91 Å². The van der Waals surface area contributed by atoms with Crippen LogP contribution in [-0.4, -0.2) is 30.5 Å². The molecule has 4 nitrogen and oxygen atoms in total. The largest absolute Gasteiger partial charge is 0.351 e. The Hall–Kier alpha value is -1.42. The van der Waals surface area contributed by atoms with Crippen molar-refractivity contribution in [3.8, 4) is 0 Å². The number of aromatic nitrogens is 1. The monoisotopic (exact) mass is 261 g/mol. The van der Waals surface area contributed by atoms with Gasteiger partial charge in [-0.05, 0) is 50.8 Å². The van der Waals surface area contributed by atoms with Crippen LogP contribution in [0.25, 0.3) is 0 Å². The van der Waals surface area contributed by atoms with Crippen LogP contribution in [0.15, 0.2) is 12.1 Å². The Morgan fingerprint density at radius 3 is 2.89 bits per heavy atom. The zero-order valence-corrected chi connectivity index (χ0v) is 12.0. The zero-order valence-electron chi connectivity index (χ0n) is 12.0. The van der Waals surface area contributed by atoms with Gasteiger partial charge in [-0.3, -0.25) is 9.78 Å². The Labute approximate surface area is 115 Å². The number of carbonyl (C=O) groups excluding carboxylic acids is 1. The Kier molecular flexibility index (Phi) is 4.20. The predicted molar refractivity (Wildman–Crippen MR) is 76.3 cm³/mol. The molecule has 0 aromatic carbocycles. The summed E-state index contributed by atoms with van der Waals surface area (Å²) in [5.41, 5.74) is 2.58. The van der Waals surface area contributed by atoms with Crippen molar-refractivity contribution < 1.29 is 4.79 Å². The fraction of sp³-hybridized carbons (Fsp3) is 0.600. The molecule has 1 amide bonds. The average Bonchev–Trinajstić information content (AvgIpc) is 2.37. The van der Waals surface area contributed by atoms with Crippen LogP contribution in [0.1, 0.15) is 41.5 Å². The number of aryl methyl sites for hydroxylation is 2. The second-order valence-electron chi connectivity index (χ2n) is 5.86. The molecule has 1 atom stereocenters. The third-order valence-corrected chi connectivity index (χ3v) is 3.83. The van der Waals surface area contributed by atoms with Crippen molar-refractivity contribution in [2.24, 2.45) is 5.41 Å². The minimum Gasteiger partial charge on any atom is -0.351 e. The number of hydrogen-bond acceptors (Lipinski definition) is 3. The predicted octanol–water partition coefficient (Wildman–Crippen LogP) is 1.82. The number of carbonyl (C=O) groups is 1. The smallest absolute Gasteiger partial charge is 0.253 e. The summed E-state index contributed by atoms with van der Waals surface area (Å²) in [6.45, 7) is 8.81. The maximum absolute atomic E-state index is 12.2. The summed E-state index contributed by atoms with van der Waals surface area (Å²) in [5, 5.41) is 6.44. The maximum Gasteiger partial charge on any atom is 0.253 e. The standard InChI is InChI=1S/C15H23N3O/c1-11-5-6-13(12(2)18-11)14(19)17-10-15(3)7-4-8-16-9-15/h5-6,16H,4,7-10H2,1-3H3,(H,17,19). The molecule has 1 aromatic heterocycles. The van der Waals surface area contributed by atoms with Crippen LogP contribution in [0, 0.1) is 19.3 Å². The lowest BCUT2D eigenvalue weighted by Crippen LogP contribution is -2.45. The fourth-order valence-corrected chi connectivity index (χ4v) is 2.59. The molecule has 2 N–H and O–H groups in total. The van der Waals surface area contributed by atoms with Gasteiger partial charge < -0.3 is 10.6 Å². The Balaban J connectivity index is 1.97. The van der Waals surface area contributed by atoms with E-state index in [0.29, 0.717) is 12.1 Å². The van der Waals surface area contributed by atoms with E-state index in [4.69, 9.17) is 0 Å². The second kappa shape index (κ2) is 5.70. The number of amides is 1. The molecular weight excluding hydrogens is 238 g/mol. The Morgan fingerprint density at radius 1 is 1.47 bits per heavy atom. The third-order valence-electron chi connectivity index (χ3n) is 3.83. The van der Waals surface area contributed by atoms with Gasteiger partial charge in [-0.1, -0.05) is 6.92 Å². The van der Waals surface area contributed by atoms with E-state index in [1.54, 1.807) is 0 Å². The molecule has 0 saturated carbocycles. The summed E-state index contributed by atoms with van der Waals surface area (Å²) in [4.78, 5) is 16.5. The van der Waals surface area contributed by atoms with Gasteiger partial charge >= 0.3 is 0 Å². The van der Waals surface area contributed by atoms with Gasteiger partial charge in [0.1, 0.15) is 0 Å². The second-order valence-corrected chi connectivity index (χ2v) is 5.86. The minimum absolute atomic E-state index is 0.0169. The van der Waals surface area contributed by atoms with Crippen molar-refractivity contribution in [3.05, 3.63) is 29.1 Å². The highest BCUT2D eigenvalue weighted by Crippen LogP contribution is 2.24. The number of rotatable bonds is 3. The molecule has 2 heterocycles. The number of piperidine rings is 1. The molecule has 1 fully saturated rings. The van der Waals surface area contributed by atoms with Gasteiger partial charge in [-0.25, -0.2) is 0 Å². The molecule has 0 spiro atoms. The lowest BCUT2D eigenvalue weighted by atomic mass is 9.83. The van der Waals surface area contributed by atoms with E-state index in [1.165, 1.54) is 6.42 Å². The number of nitrogens with one attached hydrogen (secondary N) is 2. The first-order valence-electron chi connectivity index (χ1n) is 6.93. The van der Waals surface area contributed by atoms with Crippen molar-refractivity contribution in [1.29, 1.82) is 0 Å². The Bertz CT molecular complexity index is 464. The van der Waals surface area contributed by atoms with Crippen molar-refractivity contribution in [2.45, 2.75) is 33.6 Å². The van der Waals surface area contributed by atoms with E-state index in [0.717, 1.165) is 30.9 Å². The molecule has 0 aliphatic carbocycles. The van der Waals surface area contributed by atoms with Crippen molar-refractivity contribution in [3.63, 3.8) is 0 Å². The van der Waals surface area contributed by atoms with Crippen LogP contribution < -0.4 is 10.6 Å². The van der Waals surface area contributed by atoms with Crippen LogP contribution in [0.2, 0.25) is 0 Å². The highest BCUT2D eigenvalue weighted by Gasteiger charge is 2.27. The normalized spacial score (nSPS) is 23.1. The minimum atomic E-state index is -0.0169. The van der Waals surface area contributed by atoms with E-state index in [9.17, 15) is 4.79 Å². The molecule has 1 unspecified atom stereocenters. The molecule has 0 bridgehead atoms. The van der Waals surface area contributed by atoms with Crippen LogP contribution in [0.3, 0.4) is 0 Å². The van der Waals surface area contributed by atoms with E-state index >= 15 is 0 Å². The van der Waals surface area contributed by atoms with Crippen LogP contribution in [0.5, 0.6) is 0 Å². The first-order chi connectivity index (χ1) is 9.00. The summed E-state index contributed by atoms with van der Waals surface area (Å²) in [7, 11) is 0. The van der Waals surface area contributed by atoms with Gasteiger partial charge in [0.15, 0.2) is 0 Å². The molecule has 1 saturated heterocycles. The van der Waals surface area contributed by atoms with Gasteiger partial charge in [-0.2, -0.15) is 0 Å². The molecule has 1 aliphatic heterocycles. The van der Waals surface area contributed by atoms with Gasteiger partial charge in [0.25, 0.3) is 5.91 Å². The first kappa shape index (κ1) is 14.0. The van der Waals surface area contributed by atoms with Crippen molar-refractivity contribution in [1.82, 2.24) is 15.6 Å². The van der Waals surface area contributed by atoms with Crippen LogP contribution in [0.4, 0.5) is 0 Å². The molecule has 4 heteroatoms. The van der Waals surface area contributed by atoms with Gasteiger partial charge in [-0.15, -0.1) is 0 Å². The zero-order chi connectivity index (χ0) is 13.9.